The van der Waals surface area contributed by atoms with Crippen molar-refractivity contribution in [3.8, 4) is 0 Å². The molecule has 4 nitrogen and oxygen atoms in total. The lowest BCUT2D eigenvalue weighted by Crippen LogP contribution is -2.46. The van der Waals surface area contributed by atoms with Crippen molar-refractivity contribution in [3.63, 3.8) is 0 Å². The Balaban J connectivity index is 2.22. The average molecular weight is 289 g/mol. The van der Waals surface area contributed by atoms with E-state index in [1.807, 2.05) is 51.1 Å². The van der Waals surface area contributed by atoms with Crippen LogP contribution in [-0.2, 0) is 16.0 Å². The van der Waals surface area contributed by atoms with Gasteiger partial charge in [-0.15, -0.1) is 0 Å². The molecule has 0 spiro atoms. The summed E-state index contributed by atoms with van der Waals surface area (Å²) in [5, 5.41) is 9.65. The summed E-state index contributed by atoms with van der Waals surface area (Å²) in [6.45, 7) is 5.55. The minimum Gasteiger partial charge on any atom is -0.394 e. The van der Waals surface area contributed by atoms with E-state index in [9.17, 15) is 14.7 Å². The first kappa shape index (κ1) is 15.7. The van der Waals surface area contributed by atoms with Gasteiger partial charge in [0.25, 0.3) is 0 Å². The summed E-state index contributed by atoms with van der Waals surface area (Å²) in [5.74, 6) is -0.237. The van der Waals surface area contributed by atoms with Gasteiger partial charge < -0.3 is 5.11 Å². The molecule has 0 aliphatic carbocycles. The number of likely N-dealkylation sites (tertiary alicyclic amines) is 1. The fraction of sp³-hybridized carbons (Fsp3) is 0.529. The zero-order valence-electron chi connectivity index (χ0n) is 12.9. The number of aliphatic hydroxyl groups excluding tert-OH is 1. The Hall–Kier alpha value is -1.68. The molecule has 4 heteroatoms. The van der Waals surface area contributed by atoms with Gasteiger partial charge in [0.15, 0.2) is 0 Å². The fourth-order valence-corrected chi connectivity index (χ4v) is 2.81. The van der Waals surface area contributed by atoms with Gasteiger partial charge in [0.05, 0.1) is 18.1 Å². The quantitative estimate of drug-likeness (QED) is 0.844. The first-order valence-electron chi connectivity index (χ1n) is 7.41. The highest BCUT2D eigenvalue weighted by atomic mass is 16.3. The lowest BCUT2D eigenvalue weighted by molar-refractivity contribution is -0.145. The van der Waals surface area contributed by atoms with Gasteiger partial charge in [0.1, 0.15) is 0 Å². The molecule has 1 aliphatic rings. The summed E-state index contributed by atoms with van der Waals surface area (Å²) in [6, 6.07) is 9.14. The van der Waals surface area contributed by atoms with E-state index in [4.69, 9.17) is 0 Å². The van der Waals surface area contributed by atoms with Crippen LogP contribution in [0, 0.1) is 11.3 Å². The number of nitrogens with zero attached hydrogens (tertiary/aromatic N) is 1. The van der Waals surface area contributed by atoms with Crippen molar-refractivity contribution in [2.24, 2.45) is 11.3 Å². The van der Waals surface area contributed by atoms with Crippen molar-refractivity contribution in [2.45, 2.75) is 39.7 Å². The average Bonchev–Trinajstić information content (AvgIpc) is 2.69. The molecule has 1 unspecified atom stereocenters. The van der Waals surface area contributed by atoms with Crippen LogP contribution in [0.25, 0.3) is 0 Å². The van der Waals surface area contributed by atoms with Crippen LogP contribution in [-0.4, -0.2) is 34.5 Å². The Morgan fingerprint density at radius 1 is 1.24 bits per heavy atom. The molecule has 2 atom stereocenters. The Labute approximate surface area is 125 Å². The molecule has 2 amide bonds. The largest absolute Gasteiger partial charge is 0.394 e. The van der Waals surface area contributed by atoms with Crippen molar-refractivity contribution < 1.29 is 14.7 Å². The second-order valence-electron chi connectivity index (χ2n) is 6.34. The van der Waals surface area contributed by atoms with Crippen molar-refractivity contribution in [1.82, 2.24) is 4.90 Å². The number of imide groups is 1. The van der Waals surface area contributed by atoms with E-state index >= 15 is 0 Å². The van der Waals surface area contributed by atoms with Crippen LogP contribution in [0.1, 0.15) is 32.8 Å². The van der Waals surface area contributed by atoms with Gasteiger partial charge in [-0.25, -0.2) is 0 Å². The second-order valence-corrected chi connectivity index (χ2v) is 6.34. The summed E-state index contributed by atoms with van der Waals surface area (Å²) >= 11 is 0. The SMILES string of the molecule is CC(C)C1(C)CC(=O)N([C@H](CO)Cc2ccccc2)C1=O. The molecule has 1 aliphatic heterocycles. The normalized spacial score (nSPS) is 24.0. The Morgan fingerprint density at radius 3 is 2.33 bits per heavy atom. The molecule has 0 aromatic heterocycles. The monoisotopic (exact) mass is 289 g/mol. The number of hydrogen-bond acceptors (Lipinski definition) is 3. The third-order valence-electron chi connectivity index (χ3n) is 4.66. The lowest BCUT2D eigenvalue weighted by Gasteiger charge is -2.29. The van der Waals surface area contributed by atoms with E-state index in [-0.39, 0.29) is 30.8 Å². The van der Waals surface area contributed by atoms with Crippen molar-refractivity contribution >= 4 is 11.8 Å². The predicted molar refractivity (Wildman–Crippen MR) is 80.4 cm³/mol. The van der Waals surface area contributed by atoms with E-state index in [1.54, 1.807) is 0 Å². The number of benzene rings is 1. The van der Waals surface area contributed by atoms with Crippen LogP contribution in [0.3, 0.4) is 0 Å². The van der Waals surface area contributed by atoms with Gasteiger partial charge in [0, 0.05) is 6.42 Å². The molecule has 1 aromatic carbocycles. The van der Waals surface area contributed by atoms with Crippen LogP contribution in [0.5, 0.6) is 0 Å². The number of aliphatic hydroxyl groups is 1. The smallest absolute Gasteiger partial charge is 0.236 e. The van der Waals surface area contributed by atoms with E-state index in [0.29, 0.717) is 6.42 Å². The first-order chi connectivity index (χ1) is 9.90. The maximum absolute atomic E-state index is 12.7. The molecular weight excluding hydrogens is 266 g/mol. The predicted octanol–water partition coefficient (Wildman–Crippen LogP) is 2.01. The molecule has 0 saturated carbocycles. The summed E-state index contributed by atoms with van der Waals surface area (Å²) in [5.41, 5.74) is 0.358. The number of amides is 2. The van der Waals surface area contributed by atoms with Crippen LogP contribution < -0.4 is 0 Å². The zero-order valence-corrected chi connectivity index (χ0v) is 12.9. The highest BCUT2D eigenvalue weighted by Crippen LogP contribution is 2.40. The third-order valence-corrected chi connectivity index (χ3v) is 4.66. The molecule has 1 saturated heterocycles. The summed E-state index contributed by atoms with van der Waals surface area (Å²) < 4.78 is 0. The van der Waals surface area contributed by atoms with Crippen molar-refractivity contribution in [3.05, 3.63) is 35.9 Å². The number of hydrogen-bond donors (Lipinski definition) is 1. The van der Waals surface area contributed by atoms with Gasteiger partial charge in [-0.1, -0.05) is 44.2 Å². The molecular formula is C17H23NO3. The van der Waals surface area contributed by atoms with Gasteiger partial charge in [0.2, 0.25) is 11.8 Å². The molecule has 1 heterocycles. The topological polar surface area (TPSA) is 57.6 Å². The van der Waals surface area contributed by atoms with Gasteiger partial charge in [-0.3, -0.25) is 14.5 Å². The molecule has 1 fully saturated rings. The van der Waals surface area contributed by atoms with E-state index in [1.165, 1.54) is 4.90 Å². The van der Waals surface area contributed by atoms with Crippen LogP contribution in [0.4, 0.5) is 0 Å². The Kier molecular flexibility index (Phi) is 4.47. The molecule has 1 N–H and O–H groups in total. The molecule has 2 rings (SSSR count). The lowest BCUT2D eigenvalue weighted by atomic mass is 9.78. The number of rotatable bonds is 5. The fourth-order valence-electron chi connectivity index (χ4n) is 2.81. The van der Waals surface area contributed by atoms with E-state index in [0.717, 1.165) is 5.56 Å². The highest BCUT2D eigenvalue weighted by Gasteiger charge is 2.51. The number of carbonyl (C=O) groups excluding carboxylic acids is 2. The van der Waals surface area contributed by atoms with Crippen LogP contribution in [0.15, 0.2) is 30.3 Å². The minimum absolute atomic E-state index is 0.0926. The maximum atomic E-state index is 12.7. The van der Waals surface area contributed by atoms with Gasteiger partial charge >= 0.3 is 0 Å². The number of carbonyl (C=O) groups is 2. The first-order valence-corrected chi connectivity index (χ1v) is 7.41. The maximum Gasteiger partial charge on any atom is 0.236 e. The molecule has 1 aromatic rings. The highest BCUT2D eigenvalue weighted by molar-refractivity contribution is 6.06. The minimum atomic E-state index is -0.652. The Bertz CT molecular complexity index is 526. The van der Waals surface area contributed by atoms with E-state index in [2.05, 4.69) is 0 Å². The zero-order chi connectivity index (χ0) is 15.6. The van der Waals surface area contributed by atoms with Crippen LogP contribution in [0.2, 0.25) is 0 Å². The summed E-state index contributed by atoms with van der Waals surface area (Å²) in [4.78, 5) is 26.2. The second kappa shape index (κ2) is 5.98. The van der Waals surface area contributed by atoms with Crippen molar-refractivity contribution in [1.29, 1.82) is 0 Å². The van der Waals surface area contributed by atoms with E-state index < -0.39 is 11.5 Å². The van der Waals surface area contributed by atoms with Gasteiger partial charge in [-0.05, 0) is 24.8 Å². The van der Waals surface area contributed by atoms with Crippen molar-refractivity contribution in [2.75, 3.05) is 6.61 Å². The summed E-state index contributed by atoms with van der Waals surface area (Å²) in [6.07, 6.45) is 0.720. The standard InChI is InChI=1S/C17H23NO3/c1-12(2)17(3)10-15(20)18(16(17)21)14(11-19)9-13-7-5-4-6-8-13/h4-8,12,14,19H,9-11H2,1-3H3/t14-,17?/m0/s1. The summed E-state index contributed by atoms with van der Waals surface area (Å²) in [7, 11) is 0. The third kappa shape index (κ3) is 2.86. The molecule has 0 radical (unpaired) electrons. The van der Waals surface area contributed by atoms with Gasteiger partial charge in [-0.2, -0.15) is 0 Å². The van der Waals surface area contributed by atoms with Crippen LogP contribution >= 0.6 is 0 Å². The Morgan fingerprint density at radius 2 is 1.86 bits per heavy atom. The molecule has 21 heavy (non-hydrogen) atoms. The molecule has 114 valence electrons. The molecule has 0 bridgehead atoms.